The Hall–Kier alpha value is -4.82. The molecule has 0 saturated heterocycles. The zero-order valence-corrected chi connectivity index (χ0v) is 23.7. The van der Waals surface area contributed by atoms with Crippen molar-refractivity contribution >= 4 is 77.0 Å². The molecule has 0 amide bonds. The monoisotopic (exact) mass is 586 g/mol. The SMILES string of the molecule is c1ccc(-c2nc(-c3ccc4c(c3)c3ccccc3c3ccc5c6ccccc6[se]c5c34)nc3ccccc23)cc1. The van der Waals surface area contributed by atoms with Crippen LogP contribution >= 0.6 is 0 Å². The minimum atomic E-state index is 0.269. The van der Waals surface area contributed by atoms with Crippen molar-refractivity contribution in [3.8, 4) is 22.6 Å². The molecule has 41 heavy (non-hydrogen) atoms. The molecule has 7 aromatic carbocycles. The second kappa shape index (κ2) is 8.84. The van der Waals surface area contributed by atoms with E-state index in [1.807, 2.05) is 12.1 Å². The fourth-order valence-electron chi connectivity index (χ4n) is 6.38. The maximum absolute atomic E-state index is 5.17. The molecule has 190 valence electrons. The molecule has 0 unspecified atom stereocenters. The summed E-state index contributed by atoms with van der Waals surface area (Å²) in [5.41, 5.74) is 4.05. The molecule has 2 nitrogen and oxygen atoms in total. The van der Waals surface area contributed by atoms with Gasteiger partial charge in [0.25, 0.3) is 0 Å². The van der Waals surface area contributed by atoms with E-state index in [2.05, 4.69) is 121 Å². The number of hydrogen-bond acceptors (Lipinski definition) is 2. The van der Waals surface area contributed by atoms with Crippen LogP contribution in [0, 0.1) is 0 Å². The van der Waals surface area contributed by atoms with Gasteiger partial charge in [-0.3, -0.25) is 0 Å². The first-order valence-electron chi connectivity index (χ1n) is 13.8. The molecule has 0 fully saturated rings. The van der Waals surface area contributed by atoms with E-state index in [1.54, 1.807) is 0 Å². The van der Waals surface area contributed by atoms with E-state index in [4.69, 9.17) is 9.97 Å². The molecule has 0 aliphatic rings. The Morgan fingerprint density at radius 3 is 1.90 bits per heavy atom. The van der Waals surface area contributed by atoms with Crippen LogP contribution in [-0.4, -0.2) is 24.5 Å². The molecule has 0 N–H and O–H groups in total. The molecular formula is C38H22N2Se. The number of fused-ring (bicyclic) bond motifs is 11. The molecule has 0 aliphatic heterocycles. The second-order valence-electron chi connectivity index (χ2n) is 10.5. The van der Waals surface area contributed by atoms with Crippen LogP contribution in [0.4, 0.5) is 0 Å². The van der Waals surface area contributed by atoms with Crippen LogP contribution in [0.2, 0.25) is 0 Å². The Balaban J connectivity index is 1.38. The summed E-state index contributed by atoms with van der Waals surface area (Å²) in [6.07, 6.45) is 0. The Morgan fingerprint density at radius 1 is 0.415 bits per heavy atom. The predicted octanol–water partition coefficient (Wildman–Crippen LogP) is 9.79. The predicted molar refractivity (Wildman–Crippen MR) is 175 cm³/mol. The average Bonchev–Trinajstić information content (AvgIpc) is 3.43. The van der Waals surface area contributed by atoms with Gasteiger partial charge in [-0.25, -0.2) is 0 Å². The zero-order chi connectivity index (χ0) is 26.9. The number of aromatic nitrogens is 2. The number of nitrogens with zero attached hydrogens (tertiary/aromatic N) is 2. The molecule has 2 aromatic heterocycles. The Labute approximate surface area is 242 Å². The van der Waals surface area contributed by atoms with E-state index in [9.17, 15) is 0 Å². The van der Waals surface area contributed by atoms with Crippen LogP contribution in [0.5, 0.6) is 0 Å². The molecule has 3 heteroatoms. The first-order chi connectivity index (χ1) is 20.3. The van der Waals surface area contributed by atoms with E-state index in [1.165, 1.54) is 51.6 Å². The summed E-state index contributed by atoms with van der Waals surface area (Å²) in [4.78, 5) is 10.2. The average molecular weight is 586 g/mol. The van der Waals surface area contributed by atoms with Gasteiger partial charge in [-0.15, -0.1) is 0 Å². The molecule has 0 spiro atoms. The van der Waals surface area contributed by atoms with Gasteiger partial charge in [-0.05, 0) is 0 Å². The van der Waals surface area contributed by atoms with Crippen LogP contribution in [0.1, 0.15) is 0 Å². The van der Waals surface area contributed by atoms with Gasteiger partial charge in [0.1, 0.15) is 0 Å². The molecule has 9 aromatic rings. The fraction of sp³-hybridized carbons (Fsp3) is 0. The third-order valence-corrected chi connectivity index (χ3v) is 10.8. The molecule has 0 radical (unpaired) electrons. The summed E-state index contributed by atoms with van der Waals surface area (Å²) in [7, 11) is 0. The van der Waals surface area contributed by atoms with Gasteiger partial charge in [-0.2, -0.15) is 0 Å². The number of rotatable bonds is 2. The van der Waals surface area contributed by atoms with Gasteiger partial charge >= 0.3 is 237 Å². The van der Waals surface area contributed by atoms with Crippen LogP contribution in [0.3, 0.4) is 0 Å². The summed E-state index contributed by atoms with van der Waals surface area (Å²) in [6, 6.07) is 48.0. The molecule has 0 bridgehead atoms. The van der Waals surface area contributed by atoms with E-state index in [-0.39, 0.29) is 14.5 Å². The van der Waals surface area contributed by atoms with Crippen molar-refractivity contribution in [3.05, 3.63) is 133 Å². The second-order valence-corrected chi connectivity index (χ2v) is 12.8. The Kier molecular flexibility index (Phi) is 4.95. The molecule has 0 atom stereocenters. The topological polar surface area (TPSA) is 25.8 Å². The number of para-hydroxylation sites is 1. The van der Waals surface area contributed by atoms with Gasteiger partial charge in [0.15, 0.2) is 0 Å². The minimum absolute atomic E-state index is 0.269. The van der Waals surface area contributed by atoms with E-state index >= 15 is 0 Å². The number of hydrogen-bond donors (Lipinski definition) is 0. The van der Waals surface area contributed by atoms with Crippen molar-refractivity contribution < 1.29 is 0 Å². The zero-order valence-electron chi connectivity index (χ0n) is 22.0. The summed E-state index contributed by atoms with van der Waals surface area (Å²) >= 11 is 0.269. The van der Waals surface area contributed by atoms with Crippen molar-refractivity contribution in [1.29, 1.82) is 0 Å². The Bertz CT molecular complexity index is 2470. The molecular weight excluding hydrogens is 563 g/mol. The van der Waals surface area contributed by atoms with E-state index in [0.29, 0.717) is 0 Å². The first kappa shape index (κ1) is 22.9. The standard InChI is InChI=1S/C38H22N2Se/c1-2-10-23(11-3-1)36-31-15-6-8-16-33(31)39-38(40-36)24-18-19-29-32(22-24)26-13-5-4-12-25(26)28-20-21-30-27-14-7-9-17-34(27)41-37(30)35(28)29/h1-22H. The van der Waals surface area contributed by atoms with Gasteiger partial charge in [-0.1, -0.05) is 6.07 Å². The van der Waals surface area contributed by atoms with E-state index < -0.39 is 0 Å². The molecule has 0 aliphatic carbocycles. The molecule has 9 rings (SSSR count). The molecule has 0 saturated carbocycles. The summed E-state index contributed by atoms with van der Waals surface area (Å²) in [5.74, 6) is 0.753. The van der Waals surface area contributed by atoms with Crippen molar-refractivity contribution in [2.24, 2.45) is 0 Å². The van der Waals surface area contributed by atoms with Crippen LogP contribution in [-0.2, 0) is 0 Å². The summed E-state index contributed by atoms with van der Waals surface area (Å²) < 4.78 is 2.96. The van der Waals surface area contributed by atoms with Gasteiger partial charge in [0.2, 0.25) is 0 Å². The fourth-order valence-corrected chi connectivity index (χ4v) is 9.03. The van der Waals surface area contributed by atoms with Gasteiger partial charge in [0.05, 0.1) is 0 Å². The van der Waals surface area contributed by atoms with Crippen LogP contribution in [0.15, 0.2) is 133 Å². The summed E-state index contributed by atoms with van der Waals surface area (Å²) in [5, 5.41) is 11.7. The third-order valence-electron chi connectivity index (χ3n) is 8.25. The van der Waals surface area contributed by atoms with Crippen molar-refractivity contribution in [1.82, 2.24) is 9.97 Å². The van der Waals surface area contributed by atoms with Crippen LogP contribution < -0.4 is 0 Å². The normalized spacial score (nSPS) is 11.9. The Morgan fingerprint density at radius 2 is 1.05 bits per heavy atom. The van der Waals surface area contributed by atoms with Crippen molar-refractivity contribution in [2.75, 3.05) is 0 Å². The van der Waals surface area contributed by atoms with Crippen molar-refractivity contribution in [2.45, 2.75) is 0 Å². The van der Waals surface area contributed by atoms with Crippen molar-refractivity contribution in [3.63, 3.8) is 0 Å². The maximum atomic E-state index is 5.17. The number of benzene rings is 7. The third kappa shape index (κ3) is 3.44. The van der Waals surface area contributed by atoms with Gasteiger partial charge < -0.3 is 0 Å². The van der Waals surface area contributed by atoms with Crippen LogP contribution in [0.25, 0.3) is 85.2 Å². The van der Waals surface area contributed by atoms with E-state index in [0.717, 1.165) is 33.5 Å². The summed E-state index contributed by atoms with van der Waals surface area (Å²) in [6.45, 7) is 0. The van der Waals surface area contributed by atoms with Gasteiger partial charge in [0, 0.05) is 0 Å². The quantitative estimate of drug-likeness (QED) is 0.149. The first-order valence-corrected chi connectivity index (χ1v) is 15.6. The molecule has 2 heterocycles.